The lowest BCUT2D eigenvalue weighted by Crippen LogP contribution is -2.41. The van der Waals surface area contributed by atoms with Gasteiger partial charge in [-0.25, -0.2) is 4.79 Å². The van der Waals surface area contributed by atoms with Crippen LogP contribution in [0.15, 0.2) is 0 Å². The summed E-state index contributed by atoms with van der Waals surface area (Å²) in [4.78, 5) is 34.5. The molecule has 1 aliphatic heterocycles. The van der Waals surface area contributed by atoms with Crippen LogP contribution in [0.5, 0.6) is 0 Å². The van der Waals surface area contributed by atoms with E-state index in [1.165, 1.54) is 7.11 Å². The summed E-state index contributed by atoms with van der Waals surface area (Å²) in [6.07, 6.45) is 0. The average Bonchev–Trinajstić information content (AvgIpc) is 2.28. The van der Waals surface area contributed by atoms with Gasteiger partial charge < -0.3 is 10.1 Å². The maximum absolute atomic E-state index is 11.5. The molecule has 0 spiro atoms. The molecule has 78 valence electrons. The van der Waals surface area contributed by atoms with Crippen LogP contribution in [0.4, 0.5) is 4.79 Å². The van der Waals surface area contributed by atoms with E-state index in [9.17, 15) is 14.4 Å². The van der Waals surface area contributed by atoms with E-state index in [0.717, 1.165) is 4.90 Å². The number of esters is 1. The first-order valence-electron chi connectivity index (χ1n) is 4.09. The van der Waals surface area contributed by atoms with Crippen molar-refractivity contribution in [1.29, 1.82) is 0 Å². The van der Waals surface area contributed by atoms with Gasteiger partial charge in [0, 0.05) is 0 Å². The second kappa shape index (κ2) is 3.28. The maximum Gasteiger partial charge on any atom is 0.325 e. The van der Waals surface area contributed by atoms with Gasteiger partial charge in [-0.15, -0.1) is 0 Å². The Balaban J connectivity index is 2.76. The molecule has 0 bridgehead atoms. The number of hydrogen-bond acceptors (Lipinski definition) is 4. The van der Waals surface area contributed by atoms with Crippen molar-refractivity contribution in [1.82, 2.24) is 10.2 Å². The number of urea groups is 1. The zero-order valence-corrected chi connectivity index (χ0v) is 8.29. The van der Waals surface area contributed by atoms with Gasteiger partial charge >= 0.3 is 12.0 Å². The molecule has 0 aliphatic carbocycles. The van der Waals surface area contributed by atoms with Crippen molar-refractivity contribution >= 4 is 17.9 Å². The predicted molar refractivity (Wildman–Crippen MR) is 46.3 cm³/mol. The topological polar surface area (TPSA) is 75.7 Å². The first-order chi connectivity index (χ1) is 6.38. The molecule has 3 amide bonds. The number of ether oxygens (including phenoxy) is 1. The van der Waals surface area contributed by atoms with Crippen LogP contribution in [0.2, 0.25) is 0 Å². The molecule has 0 aromatic rings. The average molecular weight is 200 g/mol. The smallest absolute Gasteiger partial charge is 0.325 e. The highest BCUT2D eigenvalue weighted by atomic mass is 16.5. The van der Waals surface area contributed by atoms with E-state index >= 15 is 0 Å². The largest absolute Gasteiger partial charge is 0.468 e. The van der Waals surface area contributed by atoms with Crippen LogP contribution in [-0.2, 0) is 14.3 Å². The fourth-order valence-corrected chi connectivity index (χ4v) is 1.16. The molecule has 1 saturated heterocycles. The van der Waals surface area contributed by atoms with Crippen molar-refractivity contribution in [2.75, 3.05) is 13.7 Å². The third-order valence-electron chi connectivity index (χ3n) is 1.96. The fraction of sp³-hybridized carbons (Fsp3) is 0.625. The molecule has 0 aromatic carbocycles. The summed E-state index contributed by atoms with van der Waals surface area (Å²) >= 11 is 0. The number of rotatable bonds is 2. The van der Waals surface area contributed by atoms with E-state index in [-0.39, 0.29) is 6.54 Å². The molecular formula is C8H12N2O4. The Labute approximate surface area is 81.2 Å². The van der Waals surface area contributed by atoms with Crippen molar-refractivity contribution in [3.05, 3.63) is 0 Å². The summed E-state index contributed by atoms with van der Waals surface area (Å²) in [5, 5.41) is 2.45. The Morgan fingerprint density at radius 1 is 1.50 bits per heavy atom. The number of imide groups is 1. The summed E-state index contributed by atoms with van der Waals surface area (Å²) in [6.45, 7) is 2.81. The molecule has 1 fully saturated rings. The summed E-state index contributed by atoms with van der Waals surface area (Å²) in [5.41, 5.74) is -0.939. The third-order valence-corrected chi connectivity index (χ3v) is 1.96. The summed E-state index contributed by atoms with van der Waals surface area (Å²) in [6, 6.07) is -0.564. The molecule has 1 N–H and O–H groups in total. The second-order valence-corrected chi connectivity index (χ2v) is 3.52. The Morgan fingerprint density at radius 2 is 2.07 bits per heavy atom. The Hall–Kier alpha value is -1.59. The van der Waals surface area contributed by atoms with Gasteiger partial charge in [-0.3, -0.25) is 14.5 Å². The quantitative estimate of drug-likeness (QED) is 0.481. The normalized spacial score (nSPS) is 19.5. The molecule has 6 heteroatoms. The Morgan fingerprint density at radius 3 is 2.43 bits per heavy atom. The molecule has 0 saturated carbocycles. The summed E-state index contributed by atoms with van der Waals surface area (Å²) < 4.78 is 4.36. The van der Waals surface area contributed by atoms with Gasteiger partial charge in [-0.05, 0) is 13.8 Å². The van der Waals surface area contributed by atoms with E-state index in [4.69, 9.17) is 0 Å². The first-order valence-corrected chi connectivity index (χ1v) is 4.09. The maximum atomic E-state index is 11.5. The van der Waals surface area contributed by atoms with Gasteiger partial charge in [-0.2, -0.15) is 0 Å². The van der Waals surface area contributed by atoms with Gasteiger partial charge in [0.1, 0.15) is 12.1 Å². The zero-order valence-electron chi connectivity index (χ0n) is 8.29. The van der Waals surface area contributed by atoms with Gasteiger partial charge in [0.15, 0.2) is 0 Å². The van der Waals surface area contributed by atoms with Gasteiger partial charge in [0.05, 0.1) is 7.11 Å². The van der Waals surface area contributed by atoms with Crippen molar-refractivity contribution < 1.29 is 19.1 Å². The van der Waals surface area contributed by atoms with Crippen molar-refractivity contribution in [3.8, 4) is 0 Å². The SMILES string of the molecule is COC(=O)CN1C(=O)NC(C)(C)C1=O. The highest BCUT2D eigenvalue weighted by molar-refractivity contribution is 6.08. The lowest BCUT2D eigenvalue weighted by atomic mass is 10.1. The van der Waals surface area contributed by atoms with E-state index < -0.39 is 23.4 Å². The van der Waals surface area contributed by atoms with E-state index in [0.29, 0.717) is 0 Å². The van der Waals surface area contributed by atoms with Crippen LogP contribution in [0, 0.1) is 0 Å². The molecule has 0 atom stereocenters. The number of nitrogens with zero attached hydrogens (tertiary/aromatic N) is 1. The number of nitrogens with one attached hydrogen (secondary N) is 1. The lowest BCUT2D eigenvalue weighted by Gasteiger charge is -2.14. The minimum atomic E-state index is -0.939. The molecule has 14 heavy (non-hydrogen) atoms. The minimum Gasteiger partial charge on any atom is -0.468 e. The van der Waals surface area contributed by atoms with Crippen LogP contribution in [-0.4, -0.2) is 42.0 Å². The molecule has 6 nitrogen and oxygen atoms in total. The number of amides is 3. The van der Waals surface area contributed by atoms with E-state index in [1.807, 2.05) is 0 Å². The van der Waals surface area contributed by atoms with Crippen LogP contribution < -0.4 is 5.32 Å². The third kappa shape index (κ3) is 1.68. The molecule has 0 radical (unpaired) electrons. The first kappa shape index (κ1) is 10.5. The number of hydrogen-bond donors (Lipinski definition) is 1. The highest BCUT2D eigenvalue weighted by Crippen LogP contribution is 2.15. The van der Waals surface area contributed by atoms with Gasteiger partial charge in [0.25, 0.3) is 5.91 Å². The second-order valence-electron chi connectivity index (χ2n) is 3.52. The molecule has 1 heterocycles. The molecule has 1 aliphatic rings. The fourth-order valence-electron chi connectivity index (χ4n) is 1.16. The standard InChI is InChI=1S/C8H12N2O4/c1-8(2)6(12)10(7(13)9-8)4-5(11)14-3/h4H2,1-3H3,(H,9,13). The molecular weight excluding hydrogens is 188 g/mol. The Bertz CT molecular complexity index is 298. The molecule has 0 unspecified atom stereocenters. The summed E-state index contributed by atoms with van der Waals surface area (Å²) in [5.74, 6) is -1.04. The monoisotopic (exact) mass is 200 g/mol. The summed E-state index contributed by atoms with van der Waals surface area (Å²) in [7, 11) is 1.20. The number of carbonyl (C=O) groups is 3. The zero-order chi connectivity index (χ0) is 10.9. The number of methoxy groups -OCH3 is 1. The van der Waals surface area contributed by atoms with Gasteiger partial charge in [-0.1, -0.05) is 0 Å². The Kier molecular flexibility index (Phi) is 2.46. The van der Waals surface area contributed by atoms with Crippen LogP contribution in [0.25, 0.3) is 0 Å². The predicted octanol–water partition coefficient (Wildman–Crippen LogP) is -0.510. The number of carbonyl (C=O) groups excluding carboxylic acids is 3. The molecule has 0 aromatic heterocycles. The minimum absolute atomic E-state index is 0.343. The highest BCUT2D eigenvalue weighted by Gasteiger charge is 2.44. The molecule has 1 rings (SSSR count). The van der Waals surface area contributed by atoms with Crippen LogP contribution in [0.3, 0.4) is 0 Å². The van der Waals surface area contributed by atoms with Crippen molar-refractivity contribution in [3.63, 3.8) is 0 Å². The van der Waals surface area contributed by atoms with Crippen LogP contribution >= 0.6 is 0 Å². The van der Waals surface area contributed by atoms with Gasteiger partial charge in [0.2, 0.25) is 0 Å². The van der Waals surface area contributed by atoms with E-state index in [2.05, 4.69) is 10.1 Å². The van der Waals surface area contributed by atoms with E-state index in [1.54, 1.807) is 13.8 Å². The van der Waals surface area contributed by atoms with Crippen LogP contribution in [0.1, 0.15) is 13.8 Å². The van der Waals surface area contributed by atoms with Crippen molar-refractivity contribution in [2.24, 2.45) is 0 Å². The van der Waals surface area contributed by atoms with Crippen molar-refractivity contribution in [2.45, 2.75) is 19.4 Å². The lowest BCUT2D eigenvalue weighted by molar-refractivity contribution is -0.145.